The second-order valence-electron chi connectivity index (χ2n) is 12.7. The summed E-state index contributed by atoms with van der Waals surface area (Å²) in [4.78, 5) is 32.5. The minimum absolute atomic E-state index is 0.144. The maximum atomic E-state index is 11.8. The van der Waals surface area contributed by atoms with Crippen molar-refractivity contribution in [2.24, 2.45) is 11.8 Å². The van der Waals surface area contributed by atoms with Gasteiger partial charge < -0.3 is 9.47 Å². The molecule has 0 fully saturated rings. The van der Waals surface area contributed by atoms with Crippen molar-refractivity contribution in [3.8, 4) is 0 Å². The number of pyridine rings is 2. The van der Waals surface area contributed by atoms with Crippen molar-refractivity contribution in [2.45, 2.75) is 99.1 Å². The summed E-state index contributed by atoms with van der Waals surface area (Å²) in [6.45, 7) is 21.5. The Kier molecular flexibility index (Phi) is 18.6. The van der Waals surface area contributed by atoms with Crippen molar-refractivity contribution < 1.29 is 19.1 Å². The van der Waals surface area contributed by atoms with Crippen molar-refractivity contribution in [1.29, 1.82) is 0 Å². The van der Waals surface area contributed by atoms with Crippen LogP contribution in [0.3, 0.4) is 0 Å². The number of aromatic nitrogens is 6. The second kappa shape index (κ2) is 21.0. The van der Waals surface area contributed by atoms with E-state index in [0.29, 0.717) is 55.4 Å². The third kappa shape index (κ3) is 13.8. The SMILES string of the molecule is CC(C)COC(=O)CCS.Cc1nn(C(C)C)c2c(Br)cc(Br)nc12.Cc1nn(C(C)C)c2c(SCCC(=O)OCC(C)C)cc(Br)nc12. The van der Waals surface area contributed by atoms with Crippen molar-refractivity contribution in [3.05, 3.63) is 37.2 Å². The molecular weight excluding hydrogens is 860 g/mol. The van der Waals surface area contributed by atoms with Gasteiger partial charge in [-0.3, -0.25) is 19.0 Å². The monoisotopic (exact) mass is 906 g/mol. The molecule has 0 aliphatic rings. The van der Waals surface area contributed by atoms with Gasteiger partial charge in [-0.2, -0.15) is 22.8 Å². The number of halogens is 3. The van der Waals surface area contributed by atoms with Crippen LogP contribution in [0, 0.1) is 25.7 Å². The number of ether oxygens (including phenoxy) is 2. The minimum Gasteiger partial charge on any atom is -0.465 e. The van der Waals surface area contributed by atoms with Crippen LogP contribution in [0.4, 0.5) is 0 Å². The van der Waals surface area contributed by atoms with E-state index in [-0.39, 0.29) is 18.0 Å². The molecule has 0 radical (unpaired) electrons. The van der Waals surface area contributed by atoms with Gasteiger partial charge >= 0.3 is 11.9 Å². The van der Waals surface area contributed by atoms with E-state index in [9.17, 15) is 9.59 Å². The van der Waals surface area contributed by atoms with E-state index >= 15 is 0 Å². The summed E-state index contributed by atoms with van der Waals surface area (Å²) < 4.78 is 16.7. The Balaban J connectivity index is 0.000000284. The van der Waals surface area contributed by atoms with Gasteiger partial charge in [0.1, 0.15) is 31.3 Å². The lowest BCUT2D eigenvalue weighted by molar-refractivity contribution is -0.145. The molecule has 272 valence electrons. The lowest BCUT2D eigenvalue weighted by atomic mass is 10.2. The fourth-order valence-corrected chi connectivity index (χ4v) is 7.33. The second-order valence-corrected chi connectivity index (χ2v) is 16.8. The Morgan fingerprint density at radius 3 is 1.67 bits per heavy atom. The third-order valence-corrected chi connectivity index (χ3v) is 9.18. The van der Waals surface area contributed by atoms with Crippen molar-refractivity contribution in [2.75, 3.05) is 24.7 Å². The van der Waals surface area contributed by atoms with Crippen molar-refractivity contribution in [3.63, 3.8) is 0 Å². The summed E-state index contributed by atoms with van der Waals surface area (Å²) >= 11 is 16.0. The topological polar surface area (TPSA) is 114 Å². The number of carbonyl (C=O) groups excluding carboxylic acids is 2. The Bertz CT molecular complexity index is 1690. The first kappa shape index (κ1) is 43.5. The van der Waals surface area contributed by atoms with Crippen LogP contribution < -0.4 is 0 Å². The van der Waals surface area contributed by atoms with Crippen LogP contribution in [0.25, 0.3) is 22.1 Å². The summed E-state index contributed by atoms with van der Waals surface area (Å²) in [5.41, 5.74) is 5.82. The molecule has 0 aromatic carbocycles. The number of hydrogen-bond acceptors (Lipinski definition) is 10. The average Bonchev–Trinajstić information content (AvgIpc) is 3.52. The molecule has 4 aromatic rings. The van der Waals surface area contributed by atoms with Crippen LogP contribution >= 0.6 is 72.2 Å². The molecule has 0 saturated carbocycles. The number of thioether (sulfide) groups is 1. The molecule has 4 rings (SSSR count). The highest BCUT2D eigenvalue weighted by Gasteiger charge is 2.18. The first-order chi connectivity index (χ1) is 23.0. The molecule has 15 heteroatoms. The van der Waals surface area contributed by atoms with E-state index in [0.717, 1.165) is 52.0 Å². The predicted molar refractivity (Wildman–Crippen MR) is 214 cm³/mol. The molecule has 0 spiro atoms. The highest BCUT2D eigenvalue weighted by atomic mass is 79.9. The summed E-state index contributed by atoms with van der Waals surface area (Å²) in [6.07, 6.45) is 0.809. The van der Waals surface area contributed by atoms with E-state index in [1.165, 1.54) is 0 Å². The number of rotatable bonds is 12. The van der Waals surface area contributed by atoms with E-state index in [4.69, 9.17) is 9.47 Å². The molecule has 0 saturated heterocycles. The molecule has 0 amide bonds. The number of carbonyl (C=O) groups is 2. The molecular formula is C34H49Br3N6O4S2. The van der Waals surface area contributed by atoms with Gasteiger partial charge in [0.15, 0.2) is 0 Å². The predicted octanol–water partition coefficient (Wildman–Crippen LogP) is 10.1. The molecule has 10 nitrogen and oxygen atoms in total. The van der Waals surface area contributed by atoms with Crippen LogP contribution in [-0.4, -0.2) is 66.2 Å². The largest absolute Gasteiger partial charge is 0.465 e. The molecule has 4 aromatic heterocycles. The van der Waals surface area contributed by atoms with Gasteiger partial charge in [0.05, 0.1) is 37.4 Å². The van der Waals surface area contributed by atoms with E-state index in [2.05, 4.69) is 108 Å². The van der Waals surface area contributed by atoms with Gasteiger partial charge in [-0.1, -0.05) is 27.7 Å². The Labute approximate surface area is 325 Å². The first-order valence-corrected chi connectivity index (χ1v) is 20.3. The number of nitrogens with zero attached hydrogens (tertiary/aromatic N) is 6. The number of fused-ring (bicyclic) bond motifs is 2. The molecule has 49 heavy (non-hydrogen) atoms. The molecule has 0 aliphatic carbocycles. The fourth-order valence-electron chi connectivity index (χ4n) is 4.28. The summed E-state index contributed by atoms with van der Waals surface area (Å²) in [5, 5.41) is 9.11. The minimum atomic E-state index is -0.149. The number of aryl methyl sites for hydroxylation is 2. The van der Waals surface area contributed by atoms with Crippen LogP contribution in [0.5, 0.6) is 0 Å². The smallest absolute Gasteiger partial charge is 0.306 e. The number of hydrogen-bond donors (Lipinski definition) is 1. The summed E-state index contributed by atoms with van der Waals surface area (Å²) in [6, 6.07) is 4.52. The normalized spacial score (nSPS) is 11.3. The average molecular weight is 910 g/mol. The van der Waals surface area contributed by atoms with E-state index < -0.39 is 0 Å². The Morgan fingerprint density at radius 1 is 0.755 bits per heavy atom. The molecule has 0 unspecified atom stereocenters. The van der Waals surface area contributed by atoms with Gasteiger partial charge in [-0.15, -0.1) is 11.8 Å². The molecule has 4 heterocycles. The van der Waals surface area contributed by atoms with E-state index in [1.807, 2.05) is 63.0 Å². The van der Waals surface area contributed by atoms with Gasteiger partial charge in [-0.05, 0) is 113 Å². The molecule has 0 bridgehead atoms. The zero-order chi connectivity index (χ0) is 37.0. The lowest BCUT2D eigenvalue weighted by Crippen LogP contribution is -2.10. The first-order valence-electron chi connectivity index (χ1n) is 16.3. The van der Waals surface area contributed by atoms with Crippen molar-refractivity contribution in [1.82, 2.24) is 29.5 Å². The number of thiol groups is 1. The van der Waals surface area contributed by atoms with Crippen LogP contribution in [-0.2, 0) is 19.1 Å². The van der Waals surface area contributed by atoms with Gasteiger partial charge in [-0.25, -0.2) is 9.97 Å². The Hall–Kier alpha value is -1.68. The van der Waals surface area contributed by atoms with Gasteiger partial charge in [0.2, 0.25) is 0 Å². The van der Waals surface area contributed by atoms with Crippen LogP contribution in [0.15, 0.2) is 30.7 Å². The highest BCUT2D eigenvalue weighted by Crippen LogP contribution is 2.33. The Morgan fingerprint density at radius 2 is 1.20 bits per heavy atom. The zero-order valence-corrected chi connectivity index (χ0v) is 36.5. The number of esters is 2. The standard InChI is InChI=1S/C17H24BrN3O2S.C10H11Br2N3.C7H14O2S/c1-10(2)9-23-15(22)6-7-24-13-8-14(18)19-16-12(5)20-21(11(3)4)17(13)16;1-5(2)15-10-7(11)4-8(12)13-9(10)6(3)14-15;1-6(2)5-9-7(8)3-4-10/h8,10-11H,6-7,9H2,1-5H3;4-5H,1-3H3;6,10H,3-5H2,1-2H3. The zero-order valence-electron chi connectivity index (χ0n) is 30.0. The van der Waals surface area contributed by atoms with E-state index in [1.54, 1.807) is 11.8 Å². The highest BCUT2D eigenvalue weighted by molar-refractivity contribution is 9.11. The quantitative estimate of drug-likeness (QED) is 0.0642. The third-order valence-electron chi connectivity index (χ3n) is 6.51. The van der Waals surface area contributed by atoms with Crippen LogP contribution in [0.1, 0.15) is 91.7 Å². The maximum Gasteiger partial charge on any atom is 0.306 e. The molecule has 0 N–H and O–H groups in total. The summed E-state index contributed by atoms with van der Waals surface area (Å²) in [5.74, 6) is 1.73. The van der Waals surface area contributed by atoms with Crippen molar-refractivity contribution >= 4 is 106 Å². The summed E-state index contributed by atoms with van der Waals surface area (Å²) in [7, 11) is 0. The molecule has 0 atom stereocenters. The van der Waals surface area contributed by atoms with Gasteiger partial charge in [0, 0.05) is 33.0 Å². The molecule has 0 aliphatic heterocycles. The fraction of sp³-hybridized carbons (Fsp3) is 0.588. The maximum absolute atomic E-state index is 11.8. The van der Waals surface area contributed by atoms with Crippen LogP contribution in [0.2, 0.25) is 0 Å². The van der Waals surface area contributed by atoms with Gasteiger partial charge in [0.25, 0.3) is 0 Å². The lowest BCUT2D eigenvalue weighted by Gasteiger charge is -2.11.